The molecule has 0 spiro atoms. The van der Waals surface area contributed by atoms with Crippen LogP contribution in [0.5, 0.6) is 0 Å². The topological polar surface area (TPSA) is 83.6 Å². The zero-order valence-electron chi connectivity index (χ0n) is 10.7. The summed E-state index contributed by atoms with van der Waals surface area (Å²) in [4.78, 5) is 8.56. The lowest BCUT2D eigenvalue weighted by atomic mass is 9.43. The van der Waals surface area contributed by atoms with Crippen molar-refractivity contribution in [2.75, 3.05) is 0 Å². The molecule has 4 N–H and O–H groups in total. The Morgan fingerprint density at radius 2 is 1.47 bits per heavy atom. The first kappa shape index (κ1) is 12.7. The first-order valence-electron chi connectivity index (χ1n) is 6.35. The van der Waals surface area contributed by atoms with Crippen LogP contribution in [-0.2, 0) is 0 Å². The average Bonchev–Trinajstić information content (AvgIpc) is 1.90. The van der Waals surface area contributed by atoms with E-state index in [-0.39, 0.29) is 5.54 Å². The standard InChI is InChI=1S/C12H21N.CH2O3/c1-10-3-9-4-11(2,6-10)8-12(13,5-9)7-10;2-1(3)4/h9H,3-8,13H2,1-2H3;(H2,2,3,4). The Kier molecular flexibility index (Phi) is 2.69. The molecule has 98 valence electrons. The number of hydrogen-bond acceptors (Lipinski definition) is 2. The molecule has 4 heteroatoms. The van der Waals surface area contributed by atoms with E-state index < -0.39 is 6.16 Å². The van der Waals surface area contributed by atoms with Crippen LogP contribution in [-0.4, -0.2) is 21.9 Å². The monoisotopic (exact) mass is 241 g/mol. The molecule has 0 radical (unpaired) electrons. The Morgan fingerprint density at radius 3 is 1.76 bits per heavy atom. The maximum absolute atomic E-state index is 8.56. The molecule has 0 aliphatic heterocycles. The molecule has 0 aromatic carbocycles. The fourth-order valence-corrected chi connectivity index (χ4v) is 5.54. The first-order chi connectivity index (χ1) is 7.64. The predicted molar refractivity (Wildman–Crippen MR) is 65.0 cm³/mol. The lowest BCUT2D eigenvalue weighted by Gasteiger charge is -2.64. The summed E-state index contributed by atoms with van der Waals surface area (Å²) in [7, 11) is 0. The minimum absolute atomic E-state index is 0.225. The number of rotatable bonds is 0. The molecule has 0 aromatic heterocycles. The van der Waals surface area contributed by atoms with Crippen molar-refractivity contribution >= 4 is 6.16 Å². The molecule has 0 saturated heterocycles. The van der Waals surface area contributed by atoms with E-state index in [0.717, 1.165) is 5.92 Å². The molecule has 4 aliphatic rings. The van der Waals surface area contributed by atoms with Crippen LogP contribution in [0.15, 0.2) is 0 Å². The van der Waals surface area contributed by atoms with Crippen LogP contribution >= 0.6 is 0 Å². The molecule has 2 unspecified atom stereocenters. The highest BCUT2D eigenvalue weighted by Gasteiger charge is 2.58. The Balaban J connectivity index is 0.000000239. The minimum atomic E-state index is -1.83. The normalized spacial score (nSPS) is 50.6. The van der Waals surface area contributed by atoms with Crippen LogP contribution in [0, 0.1) is 16.7 Å². The quantitative estimate of drug-likeness (QED) is 0.609. The van der Waals surface area contributed by atoms with Crippen molar-refractivity contribution in [1.82, 2.24) is 0 Å². The molecule has 4 saturated carbocycles. The molecule has 4 aliphatic carbocycles. The summed E-state index contributed by atoms with van der Waals surface area (Å²) in [5.74, 6) is 0.955. The second-order valence-corrected chi connectivity index (χ2v) is 7.27. The Bertz CT molecular complexity index is 287. The highest BCUT2D eigenvalue weighted by atomic mass is 16.6. The third-order valence-corrected chi connectivity index (χ3v) is 4.67. The fraction of sp³-hybridized carbons (Fsp3) is 0.923. The van der Waals surface area contributed by atoms with E-state index in [4.69, 9.17) is 20.7 Å². The summed E-state index contributed by atoms with van der Waals surface area (Å²) in [6.07, 6.45) is 6.44. The van der Waals surface area contributed by atoms with Crippen LogP contribution in [0.1, 0.15) is 52.4 Å². The summed E-state index contributed by atoms with van der Waals surface area (Å²) in [6.45, 7) is 4.94. The highest BCUT2D eigenvalue weighted by Crippen LogP contribution is 2.65. The molecular formula is C13H23NO3. The molecule has 0 amide bonds. The van der Waals surface area contributed by atoms with Crippen molar-refractivity contribution in [2.45, 2.75) is 57.9 Å². The molecule has 17 heavy (non-hydrogen) atoms. The van der Waals surface area contributed by atoms with Gasteiger partial charge in [0.15, 0.2) is 0 Å². The van der Waals surface area contributed by atoms with Gasteiger partial charge in [-0.1, -0.05) is 13.8 Å². The van der Waals surface area contributed by atoms with E-state index in [0.29, 0.717) is 10.8 Å². The van der Waals surface area contributed by atoms with E-state index >= 15 is 0 Å². The van der Waals surface area contributed by atoms with Crippen molar-refractivity contribution in [2.24, 2.45) is 22.5 Å². The second-order valence-electron chi connectivity index (χ2n) is 7.27. The number of hydrogen-bond donors (Lipinski definition) is 3. The van der Waals surface area contributed by atoms with E-state index in [1.54, 1.807) is 0 Å². The number of carbonyl (C=O) groups is 1. The van der Waals surface area contributed by atoms with Crippen molar-refractivity contribution in [3.63, 3.8) is 0 Å². The van der Waals surface area contributed by atoms with Gasteiger partial charge in [0, 0.05) is 5.54 Å². The molecule has 4 nitrogen and oxygen atoms in total. The Morgan fingerprint density at radius 1 is 1.06 bits per heavy atom. The van der Waals surface area contributed by atoms with Gasteiger partial charge in [0.2, 0.25) is 0 Å². The highest BCUT2D eigenvalue weighted by molar-refractivity contribution is 5.53. The maximum atomic E-state index is 8.56. The third kappa shape index (κ3) is 2.57. The summed E-state index contributed by atoms with van der Waals surface area (Å²) in [5, 5.41) is 13.9. The van der Waals surface area contributed by atoms with Crippen molar-refractivity contribution in [3.8, 4) is 0 Å². The molecule has 0 heterocycles. The lowest BCUT2D eigenvalue weighted by molar-refractivity contribution is -0.104. The maximum Gasteiger partial charge on any atom is 0.503 e. The van der Waals surface area contributed by atoms with E-state index in [1.807, 2.05) is 0 Å². The zero-order chi connectivity index (χ0) is 12.9. The Hall–Kier alpha value is -0.770. The SMILES string of the molecule is CC12CC3CC(C)(C1)CC(N)(C3)C2.O=C(O)O. The minimum Gasteiger partial charge on any atom is -0.450 e. The van der Waals surface area contributed by atoms with Crippen molar-refractivity contribution in [3.05, 3.63) is 0 Å². The molecule has 2 atom stereocenters. The summed E-state index contributed by atoms with van der Waals surface area (Å²) in [5.41, 5.74) is 7.92. The van der Waals surface area contributed by atoms with Gasteiger partial charge in [0.1, 0.15) is 0 Å². The van der Waals surface area contributed by atoms with Gasteiger partial charge in [-0.25, -0.2) is 4.79 Å². The van der Waals surface area contributed by atoms with Gasteiger partial charge in [-0.2, -0.15) is 0 Å². The van der Waals surface area contributed by atoms with Gasteiger partial charge < -0.3 is 15.9 Å². The first-order valence-corrected chi connectivity index (χ1v) is 6.35. The lowest BCUT2D eigenvalue weighted by Crippen LogP contribution is -2.62. The number of nitrogens with two attached hydrogens (primary N) is 1. The summed E-state index contributed by atoms with van der Waals surface area (Å²) < 4.78 is 0. The van der Waals surface area contributed by atoms with Gasteiger partial charge >= 0.3 is 6.16 Å². The molecule has 4 fully saturated rings. The van der Waals surface area contributed by atoms with Gasteiger partial charge in [0.25, 0.3) is 0 Å². The van der Waals surface area contributed by atoms with Gasteiger partial charge in [-0.3, -0.25) is 0 Å². The Labute approximate surface area is 102 Å². The molecule has 0 aromatic rings. The molecule has 4 rings (SSSR count). The van der Waals surface area contributed by atoms with Gasteiger partial charge in [-0.15, -0.1) is 0 Å². The fourth-order valence-electron chi connectivity index (χ4n) is 5.54. The van der Waals surface area contributed by atoms with Gasteiger partial charge in [0.05, 0.1) is 0 Å². The summed E-state index contributed by atoms with van der Waals surface area (Å²) >= 11 is 0. The second kappa shape index (κ2) is 3.61. The smallest absolute Gasteiger partial charge is 0.450 e. The van der Waals surface area contributed by atoms with Gasteiger partial charge in [-0.05, 0) is 55.3 Å². The summed E-state index contributed by atoms with van der Waals surface area (Å²) in [6, 6.07) is 0. The van der Waals surface area contributed by atoms with Crippen LogP contribution in [0.25, 0.3) is 0 Å². The van der Waals surface area contributed by atoms with Crippen LogP contribution < -0.4 is 5.73 Å². The largest absolute Gasteiger partial charge is 0.503 e. The average molecular weight is 241 g/mol. The third-order valence-electron chi connectivity index (χ3n) is 4.67. The van der Waals surface area contributed by atoms with E-state index in [9.17, 15) is 0 Å². The van der Waals surface area contributed by atoms with Crippen molar-refractivity contribution in [1.29, 1.82) is 0 Å². The predicted octanol–water partition coefficient (Wildman–Crippen LogP) is 2.92. The molecule has 4 bridgehead atoms. The van der Waals surface area contributed by atoms with Crippen molar-refractivity contribution < 1.29 is 15.0 Å². The van der Waals surface area contributed by atoms with E-state index in [2.05, 4.69) is 13.8 Å². The van der Waals surface area contributed by atoms with Crippen LogP contribution in [0.3, 0.4) is 0 Å². The number of carboxylic acid groups (broad SMARTS) is 2. The van der Waals surface area contributed by atoms with Crippen LogP contribution in [0.2, 0.25) is 0 Å². The zero-order valence-corrected chi connectivity index (χ0v) is 10.7. The van der Waals surface area contributed by atoms with Crippen LogP contribution in [0.4, 0.5) is 4.79 Å². The van der Waals surface area contributed by atoms with E-state index in [1.165, 1.54) is 38.5 Å². The molecular weight excluding hydrogens is 218 g/mol.